The van der Waals surface area contributed by atoms with Gasteiger partial charge >= 0.3 is 0 Å². The van der Waals surface area contributed by atoms with Gasteiger partial charge in [0.25, 0.3) is 0 Å². The van der Waals surface area contributed by atoms with Crippen LogP contribution < -0.4 is 6.15 Å². The van der Waals surface area contributed by atoms with E-state index in [2.05, 4.69) is 0 Å². The normalized spacial score (nSPS) is 0. The van der Waals surface area contributed by atoms with Crippen LogP contribution in [0.1, 0.15) is 0 Å². The van der Waals surface area contributed by atoms with Crippen molar-refractivity contribution in [1.82, 2.24) is 6.15 Å². The summed E-state index contributed by atoms with van der Waals surface area (Å²) in [6.07, 6.45) is 0. The number of rotatable bonds is 0. The molecule has 5 heteroatoms. The van der Waals surface area contributed by atoms with Gasteiger partial charge in [0, 0.05) is 37.8 Å². The van der Waals surface area contributed by atoms with Crippen molar-refractivity contribution in [3.05, 3.63) is 0 Å². The second-order valence-electron chi connectivity index (χ2n) is 0. The molecule has 0 aliphatic heterocycles. The summed E-state index contributed by atoms with van der Waals surface area (Å²) in [5.74, 6) is 0. The van der Waals surface area contributed by atoms with Crippen LogP contribution >= 0.6 is 9.90 Å². The van der Waals surface area contributed by atoms with E-state index in [4.69, 9.17) is 0 Å². The predicted molar refractivity (Wildman–Crippen MR) is 20.7 cm³/mol. The van der Waals surface area contributed by atoms with Crippen molar-refractivity contribution in [2.24, 2.45) is 0 Å². The molecule has 5 heavy (non-hydrogen) atoms. The van der Waals surface area contributed by atoms with E-state index in [1.165, 1.54) is 0 Å². The Bertz CT molecular complexity index is 11.6. The first-order chi connectivity index (χ1) is 0. The van der Waals surface area contributed by atoms with Crippen LogP contribution in [0.15, 0.2) is 0 Å². The third kappa shape index (κ3) is 29.2. The van der Waals surface area contributed by atoms with Gasteiger partial charge in [-0.15, -0.1) is 0 Å². The summed E-state index contributed by atoms with van der Waals surface area (Å²) in [5.41, 5.74) is 0. The molecule has 6 N–H and O–H groups in total. The number of hydrogen-bond donors (Lipinski definition) is 1. The van der Waals surface area contributed by atoms with E-state index in [0.29, 0.717) is 0 Å². The van der Waals surface area contributed by atoms with Crippen LogP contribution in [0.4, 0.5) is 0 Å². The van der Waals surface area contributed by atoms with E-state index in [0.717, 1.165) is 0 Å². The van der Waals surface area contributed by atoms with Crippen molar-refractivity contribution in [3.8, 4) is 0 Å². The average molecular weight is 313 g/mol. The summed E-state index contributed by atoms with van der Waals surface area (Å²) in [7, 11) is 0. The van der Waals surface area contributed by atoms with Gasteiger partial charge in [-0.1, -0.05) is 0 Å². The summed E-state index contributed by atoms with van der Waals surface area (Å²) in [6, 6.07) is 0. The van der Waals surface area contributed by atoms with Gasteiger partial charge in [0.1, 0.15) is 0 Å². The maximum absolute atomic E-state index is 0. The van der Waals surface area contributed by atoms with Crippen LogP contribution in [0.25, 0.3) is 0 Å². The third-order valence-corrected chi connectivity index (χ3v) is 0. The van der Waals surface area contributed by atoms with E-state index in [9.17, 15) is 0 Å². The fourth-order valence-corrected chi connectivity index (χ4v) is 0. The molecule has 0 aromatic rings. The standard InChI is InChI=1S/Co.H3N.H2O.H3P.W/h;1H3;1H2;1H3;/p+1. The first-order valence-corrected chi connectivity index (χ1v) is 0. The number of quaternary nitrogens is 1. The Labute approximate surface area is 59.4 Å². The Morgan fingerprint density at radius 3 is 1.00 bits per heavy atom. The fourth-order valence-electron chi connectivity index (χ4n) is 0. The van der Waals surface area contributed by atoms with Crippen molar-refractivity contribution >= 4 is 9.90 Å². The van der Waals surface area contributed by atoms with Crippen LogP contribution in [0, 0.1) is 0 Å². The fraction of sp³-hybridized carbons (Fsp3) is 0. The largest absolute Gasteiger partial charge is 0.412 e. The summed E-state index contributed by atoms with van der Waals surface area (Å²) >= 11 is 0. The van der Waals surface area contributed by atoms with Gasteiger partial charge in [-0.3, -0.25) is 0 Å². The smallest absolute Gasteiger partial charge is 0 e. The van der Waals surface area contributed by atoms with Crippen molar-refractivity contribution in [1.29, 1.82) is 0 Å². The molecule has 0 fully saturated rings. The molecule has 0 spiro atoms. The van der Waals surface area contributed by atoms with Gasteiger partial charge in [-0.2, -0.15) is 9.90 Å². The minimum absolute atomic E-state index is 0. The zero-order chi connectivity index (χ0) is 0. The maximum atomic E-state index is 0. The topological polar surface area (TPSA) is 68.0 Å². The molecule has 0 heterocycles. The van der Waals surface area contributed by atoms with Gasteiger partial charge in [-0.25, -0.2) is 0 Å². The van der Waals surface area contributed by atoms with Gasteiger partial charge < -0.3 is 11.6 Å². The summed E-state index contributed by atoms with van der Waals surface area (Å²) in [5, 5.41) is 0. The zero-order valence-corrected chi connectivity index (χ0v) is 8.34. The van der Waals surface area contributed by atoms with Crippen LogP contribution in [0.2, 0.25) is 0 Å². The predicted octanol–water partition coefficient (Wildman–Crippen LogP) is -0.395. The van der Waals surface area contributed by atoms with Crippen LogP contribution in [0.3, 0.4) is 0 Å². The Hall–Kier alpha value is 1.54. The number of hydrogen-bond acceptors (Lipinski definition) is 0. The molecule has 39 valence electrons. The van der Waals surface area contributed by atoms with Crippen molar-refractivity contribution < 1.29 is 43.3 Å². The molecule has 1 unspecified atom stereocenters. The average Bonchev–Trinajstić information content (AvgIpc) is 0. The van der Waals surface area contributed by atoms with Crippen molar-refractivity contribution in [2.75, 3.05) is 0 Å². The summed E-state index contributed by atoms with van der Waals surface area (Å²) < 4.78 is 0. The van der Waals surface area contributed by atoms with Gasteiger partial charge in [0.2, 0.25) is 0 Å². The van der Waals surface area contributed by atoms with Crippen LogP contribution in [-0.4, -0.2) is 5.48 Å². The summed E-state index contributed by atoms with van der Waals surface area (Å²) in [6.45, 7) is 0. The minimum Gasteiger partial charge on any atom is -0.412 e. The molecular weight excluding hydrogens is 304 g/mol. The Balaban J connectivity index is 0. The molecule has 1 radical (unpaired) electrons. The van der Waals surface area contributed by atoms with E-state index in [1.54, 1.807) is 0 Å². The monoisotopic (exact) mass is 313 g/mol. The van der Waals surface area contributed by atoms with E-state index in [1.807, 2.05) is 0 Å². The Morgan fingerprint density at radius 1 is 1.00 bits per heavy atom. The van der Waals surface area contributed by atoms with Crippen molar-refractivity contribution in [3.63, 3.8) is 0 Å². The molecule has 0 aliphatic rings. The van der Waals surface area contributed by atoms with E-state index in [-0.39, 0.29) is 59.4 Å². The van der Waals surface area contributed by atoms with Crippen molar-refractivity contribution in [2.45, 2.75) is 0 Å². The maximum Gasteiger partial charge on any atom is 0 e. The molecule has 0 rings (SSSR count). The Morgan fingerprint density at radius 2 is 1.00 bits per heavy atom. The van der Waals surface area contributed by atoms with Crippen LogP contribution in [0.5, 0.6) is 0 Å². The molecule has 0 bridgehead atoms. The first kappa shape index (κ1) is 84.3. The molecule has 1 atom stereocenters. The van der Waals surface area contributed by atoms with Gasteiger partial charge in [0.05, 0.1) is 0 Å². The molecule has 0 aromatic carbocycles. The molecule has 2 nitrogen and oxygen atoms in total. The third-order valence-electron chi connectivity index (χ3n) is 0. The van der Waals surface area contributed by atoms with E-state index < -0.39 is 0 Å². The molecular formula is H9CoNOPW+. The Kier molecular flexibility index (Phi) is 809. The molecule has 0 saturated heterocycles. The quantitative estimate of drug-likeness (QED) is 0.592. The minimum atomic E-state index is 0. The van der Waals surface area contributed by atoms with E-state index >= 15 is 0 Å². The SMILES string of the molecule is O.P.[Co].[NH4+].[W]. The van der Waals surface area contributed by atoms with Crippen LogP contribution in [-0.2, 0) is 37.8 Å². The second-order valence-corrected chi connectivity index (χ2v) is 0. The molecule has 0 aromatic heterocycles. The first-order valence-electron chi connectivity index (χ1n) is 0. The van der Waals surface area contributed by atoms with Gasteiger partial charge in [0.15, 0.2) is 0 Å². The summed E-state index contributed by atoms with van der Waals surface area (Å²) in [4.78, 5) is 0. The zero-order valence-electron chi connectivity index (χ0n) is 2.95. The molecule has 0 amide bonds. The second kappa shape index (κ2) is 48.0. The molecule has 0 aliphatic carbocycles. The molecule has 0 saturated carbocycles. The van der Waals surface area contributed by atoms with Gasteiger partial charge in [-0.05, 0) is 0 Å².